The van der Waals surface area contributed by atoms with Gasteiger partial charge in [-0.25, -0.2) is 0 Å². The van der Waals surface area contributed by atoms with Gasteiger partial charge in [0.25, 0.3) is 5.56 Å². The Balaban J connectivity index is 2.10. The van der Waals surface area contributed by atoms with Crippen LogP contribution in [0.4, 0.5) is 17.5 Å². The molecule has 0 atom stereocenters. The number of hydrogen-bond acceptors (Lipinski definition) is 7. The van der Waals surface area contributed by atoms with Gasteiger partial charge in [-0.3, -0.25) is 9.78 Å². The number of methoxy groups -OCH3 is 2. The van der Waals surface area contributed by atoms with E-state index in [1.165, 1.54) is 0 Å². The van der Waals surface area contributed by atoms with Crippen LogP contribution in [0.25, 0.3) is 0 Å². The first-order valence-corrected chi connectivity index (χ1v) is 6.65. The summed E-state index contributed by atoms with van der Waals surface area (Å²) in [5, 5.41) is 3.18. The molecule has 118 valence electrons. The summed E-state index contributed by atoms with van der Waals surface area (Å²) >= 11 is 0. The van der Waals surface area contributed by atoms with Crippen LogP contribution in [0.1, 0.15) is 5.56 Å². The zero-order valence-electron chi connectivity index (χ0n) is 12.5. The SMILES string of the molecule is COc1ccc(OC)c(NCCc2c(N)nc(N)[nH]c2=O)c1. The molecule has 1 aromatic carbocycles. The number of nitrogens with two attached hydrogens (primary N) is 2. The van der Waals surface area contributed by atoms with Crippen molar-refractivity contribution in [1.82, 2.24) is 9.97 Å². The highest BCUT2D eigenvalue weighted by atomic mass is 16.5. The molecule has 0 spiro atoms. The third-order valence-corrected chi connectivity index (χ3v) is 3.16. The van der Waals surface area contributed by atoms with E-state index >= 15 is 0 Å². The van der Waals surface area contributed by atoms with Crippen LogP contribution in [0.3, 0.4) is 0 Å². The lowest BCUT2D eigenvalue weighted by Crippen LogP contribution is -2.21. The largest absolute Gasteiger partial charge is 0.497 e. The molecule has 0 saturated carbocycles. The number of nitrogens with zero attached hydrogens (tertiary/aromatic N) is 1. The van der Waals surface area contributed by atoms with E-state index in [0.29, 0.717) is 30.0 Å². The van der Waals surface area contributed by atoms with Crippen LogP contribution >= 0.6 is 0 Å². The zero-order valence-corrected chi connectivity index (χ0v) is 12.5. The molecular formula is C14H19N5O3. The van der Waals surface area contributed by atoms with Crippen LogP contribution < -0.4 is 31.8 Å². The number of nitrogens with one attached hydrogen (secondary N) is 2. The van der Waals surface area contributed by atoms with Gasteiger partial charge in [0.1, 0.15) is 17.3 Å². The van der Waals surface area contributed by atoms with E-state index in [4.69, 9.17) is 20.9 Å². The number of aromatic nitrogens is 2. The Hall–Kier alpha value is -2.90. The van der Waals surface area contributed by atoms with Crippen molar-refractivity contribution < 1.29 is 9.47 Å². The van der Waals surface area contributed by atoms with Crippen LogP contribution in [-0.4, -0.2) is 30.7 Å². The summed E-state index contributed by atoms with van der Waals surface area (Å²) in [7, 11) is 3.17. The molecular weight excluding hydrogens is 286 g/mol. The van der Waals surface area contributed by atoms with Crippen molar-refractivity contribution in [2.24, 2.45) is 0 Å². The van der Waals surface area contributed by atoms with Gasteiger partial charge >= 0.3 is 0 Å². The number of ether oxygens (including phenoxy) is 2. The summed E-state index contributed by atoms with van der Waals surface area (Å²) in [5.74, 6) is 1.53. The average molecular weight is 305 g/mol. The Morgan fingerprint density at radius 2 is 2.05 bits per heavy atom. The fourth-order valence-corrected chi connectivity index (χ4v) is 2.05. The van der Waals surface area contributed by atoms with Crippen molar-refractivity contribution in [2.75, 3.05) is 37.5 Å². The van der Waals surface area contributed by atoms with Crippen molar-refractivity contribution in [3.05, 3.63) is 34.1 Å². The number of rotatable bonds is 6. The minimum absolute atomic E-state index is 0.00803. The number of hydrogen-bond donors (Lipinski definition) is 4. The number of H-pyrrole nitrogens is 1. The Kier molecular flexibility index (Phi) is 4.72. The number of benzene rings is 1. The molecule has 0 aliphatic heterocycles. The second-order valence-corrected chi connectivity index (χ2v) is 4.56. The van der Waals surface area contributed by atoms with Crippen LogP contribution in [0.15, 0.2) is 23.0 Å². The fourth-order valence-electron chi connectivity index (χ4n) is 2.05. The first-order chi connectivity index (χ1) is 10.5. The predicted octanol–water partition coefficient (Wildman–Crippen LogP) is 0.606. The minimum atomic E-state index is -0.329. The second kappa shape index (κ2) is 6.70. The zero-order chi connectivity index (χ0) is 16.1. The van der Waals surface area contributed by atoms with Gasteiger partial charge < -0.3 is 26.3 Å². The molecule has 6 N–H and O–H groups in total. The molecule has 8 nitrogen and oxygen atoms in total. The molecule has 8 heteroatoms. The number of nitrogen functional groups attached to an aromatic ring is 2. The smallest absolute Gasteiger partial charge is 0.257 e. The summed E-state index contributed by atoms with van der Waals surface area (Å²) in [4.78, 5) is 18.1. The maximum atomic E-state index is 11.8. The quantitative estimate of drug-likeness (QED) is 0.615. The lowest BCUT2D eigenvalue weighted by Gasteiger charge is -2.12. The normalized spacial score (nSPS) is 10.3. The topological polar surface area (TPSA) is 128 Å². The van der Waals surface area contributed by atoms with Gasteiger partial charge in [0.05, 0.1) is 25.5 Å². The summed E-state index contributed by atoms with van der Waals surface area (Å²) in [5.41, 5.74) is 12.0. The van der Waals surface area contributed by atoms with Gasteiger partial charge in [0.15, 0.2) is 0 Å². The van der Waals surface area contributed by atoms with Crippen LogP contribution in [0.2, 0.25) is 0 Å². The maximum absolute atomic E-state index is 11.8. The van der Waals surface area contributed by atoms with E-state index in [1.54, 1.807) is 26.4 Å². The average Bonchev–Trinajstić information content (AvgIpc) is 2.49. The van der Waals surface area contributed by atoms with Crippen molar-refractivity contribution >= 4 is 17.5 Å². The third kappa shape index (κ3) is 3.40. The van der Waals surface area contributed by atoms with Gasteiger partial charge in [0.2, 0.25) is 5.95 Å². The summed E-state index contributed by atoms with van der Waals surface area (Å²) in [6.45, 7) is 0.475. The van der Waals surface area contributed by atoms with Crippen molar-refractivity contribution in [3.63, 3.8) is 0 Å². The standard InChI is InChI=1S/C14H19N5O3/c1-21-8-3-4-11(22-2)10(7-8)17-6-5-9-12(15)18-14(16)19-13(9)20/h3-4,7,17H,5-6H2,1-2H3,(H5,15,16,18,19,20). The van der Waals surface area contributed by atoms with Crippen LogP contribution in [0.5, 0.6) is 11.5 Å². The third-order valence-electron chi connectivity index (χ3n) is 3.16. The molecule has 0 aliphatic carbocycles. The highest BCUT2D eigenvalue weighted by Crippen LogP contribution is 2.28. The van der Waals surface area contributed by atoms with E-state index in [2.05, 4.69) is 15.3 Å². The summed E-state index contributed by atoms with van der Waals surface area (Å²) in [6, 6.07) is 5.41. The van der Waals surface area contributed by atoms with Crippen LogP contribution in [-0.2, 0) is 6.42 Å². The maximum Gasteiger partial charge on any atom is 0.257 e. The lowest BCUT2D eigenvalue weighted by atomic mass is 10.2. The molecule has 1 aromatic heterocycles. The van der Waals surface area contributed by atoms with E-state index < -0.39 is 0 Å². The molecule has 22 heavy (non-hydrogen) atoms. The molecule has 0 bridgehead atoms. The van der Waals surface area contributed by atoms with Gasteiger partial charge in [0, 0.05) is 12.6 Å². The Bertz CT molecular complexity index is 714. The molecule has 2 aromatic rings. The second-order valence-electron chi connectivity index (χ2n) is 4.56. The minimum Gasteiger partial charge on any atom is -0.497 e. The van der Waals surface area contributed by atoms with Crippen LogP contribution in [0, 0.1) is 0 Å². The fraction of sp³-hybridized carbons (Fsp3) is 0.286. The highest BCUT2D eigenvalue weighted by molar-refractivity contribution is 5.60. The Morgan fingerprint density at radius 3 is 2.68 bits per heavy atom. The predicted molar refractivity (Wildman–Crippen MR) is 85.4 cm³/mol. The highest BCUT2D eigenvalue weighted by Gasteiger charge is 2.09. The molecule has 0 fully saturated rings. The van der Waals surface area contributed by atoms with Gasteiger partial charge in [-0.1, -0.05) is 0 Å². The first kappa shape index (κ1) is 15.5. The van der Waals surface area contributed by atoms with Crippen molar-refractivity contribution in [1.29, 1.82) is 0 Å². The molecule has 0 amide bonds. The van der Waals surface area contributed by atoms with Gasteiger partial charge in [-0.05, 0) is 18.6 Å². The van der Waals surface area contributed by atoms with E-state index in [-0.39, 0.29) is 17.3 Å². The van der Waals surface area contributed by atoms with Crippen molar-refractivity contribution in [3.8, 4) is 11.5 Å². The van der Waals surface area contributed by atoms with Gasteiger partial charge in [-0.15, -0.1) is 0 Å². The van der Waals surface area contributed by atoms with E-state index in [9.17, 15) is 4.79 Å². The number of aromatic amines is 1. The van der Waals surface area contributed by atoms with E-state index in [0.717, 1.165) is 5.69 Å². The molecule has 2 rings (SSSR count). The molecule has 0 unspecified atom stereocenters. The first-order valence-electron chi connectivity index (χ1n) is 6.65. The van der Waals surface area contributed by atoms with Gasteiger partial charge in [-0.2, -0.15) is 4.98 Å². The Labute approximate surface area is 127 Å². The summed E-state index contributed by atoms with van der Waals surface area (Å²) < 4.78 is 10.4. The Morgan fingerprint density at radius 1 is 1.27 bits per heavy atom. The molecule has 0 saturated heterocycles. The monoisotopic (exact) mass is 305 g/mol. The molecule has 0 aliphatic rings. The number of anilines is 3. The van der Waals surface area contributed by atoms with E-state index in [1.807, 2.05) is 6.07 Å². The summed E-state index contributed by atoms with van der Waals surface area (Å²) in [6.07, 6.45) is 0.398. The molecule has 0 radical (unpaired) electrons. The van der Waals surface area contributed by atoms with Crippen molar-refractivity contribution in [2.45, 2.75) is 6.42 Å². The molecule has 1 heterocycles. The lowest BCUT2D eigenvalue weighted by molar-refractivity contribution is 0.404.